The summed E-state index contributed by atoms with van der Waals surface area (Å²) in [4.78, 5) is 17.1. The molecule has 6 heteroatoms. The van der Waals surface area contributed by atoms with Gasteiger partial charge in [-0.25, -0.2) is 9.37 Å². The van der Waals surface area contributed by atoms with Crippen molar-refractivity contribution in [3.8, 4) is 11.1 Å². The van der Waals surface area contributed by atoms with Gasteiger partial charge < -0.3 is 4.90 Å². The van der Waals surface area contributed by atoms with Gasteiger partial charge in [0, 0.05) is 24.8 Å². The van der Waals surface area contributed by atoms with Crippen LogP contribution in [0.1, 0.15) is 12.8 Å². The van der Waals surface area contributed by atoms with Crippen LogP contribution in [0.4, 0.5) is 15.9 Å². The van der Waals surface area contributed by atoms with Crippen LogP contribution in [0.5, 0.6) is 0 Å². The minimum absolute atomic E-state index is 0.121. The molecule has 5 nitrogen and oxygen atoms in total. The molecule has 0 radical (unpaired) electrons. The SMILES string of the molecule is O=[N+]([O-])c1c(-c2ccccc2F)ccnc1N1CCCC1. The second-order valence-electron chi connectivity index (χ2n) is 4.96. The number of aromatic nitrogens is 1. The minimum atomic E-state index is -0.473. The van der Waals surface area contributed by atoms with E-state index in [9.17, 15) is 14.5 Å². The van der Waals surface area contributed by atoms with Gasteiger partial charge in [-0.15, -0.1) is 0 Å². The van der Waals surface area contributed by atoms with Crippen LogP contribution in [0.2, 0.25) is 0 Å². The van der Waals surface area contributed by atoms with Crippen molar-refractivity contribution in [2.24, 2.45) is 0 Å². The highest BCUT2D eigenvalue weighted by Crippen LogP contribution is 2.38. The van der Waals surface area contributed by atoms with E-state index in [1.807, 2.05) is 4.90 Å². The molecule has 0 aliphatic carbocycles. The third-order valence-electron chi connectivity index (χ3n) is 3.66. The summed E-state index contributed by atoms with van der Waals surface area (Å²) >= 11 is 0. The highest BCUT2D eigenvalue weighted by Gasteiger charge is 2.28. The fourth-order valence-corrected chi connectivity index (χ4v) is 2.68. The smallest absolute Gasteiger partial charge is 0.319 e. The summed E-state index contributed by atoms with van der Waals surface area (Å²) in [5.41, 5.74) is 0.381. The Morgan fingerprint density at radius 2 is 1.86 bits per heavy atom. The van der Waals surface area contributed by atoms with Crippen LogP contribution in [0, 0.1) is 15.9 Å². The normalized spacial score (nSPS) is 14.4. The zero-order valence-electron chi connectivity index (χ0n) is 11.3. The Morgan fingerprint density at radius 1 is 1.14 bits per heavy atom. The van der Waals surface area contributed by atoms with Gasteiger partial charge in [0.1, 0.15) is 5.82 Å². The van der Waals surface area contributed by atoms with Crippen molar-refractivity contribution in [3.63, 3.8) is 0 Å². The molecular weight excluding hydrogens is 273 g/mol. The number of nitro groups is 1. The number of benzene rings is 1. The van der Waals surface area contributed by atoms with Crippen molar-refractivity contribution in [2.45, 2.75) is 12.8 Å². The van der Waals surface area contributed by atoms with Crippen LogP contribution < -0.4 is 4.90 Å². The van der Waals surface area contributed by atoms with Gasteiger partial charge in [0.2, 0.25) is 5.82 Å². The zero-order chi connectivity index (χ0) is 14.8. The summed E-state index contributed by atoms with van der Waals surface area (Å²) in [6.45, 7) is 1.49. The van der Waals surface area contributed by atoms with Crippen LogP contribution in [0.3, 0.4) is 0 Å². The van der Waals surface area contributed by atoms with Crippen LogP contribution >= 0.6 is 0 Å². The molecule has 0 saturated carbocycles. The Morgan fingerprint density at radius 3 is 2.52 bits per heavy atom. The number of hydrogen-bond donors (Lipinski definition) is 0. The van der Waals surface area contributed by atoms with E-state index in [1.54, 1.807) is 18.2 Å². The molecule has 108 valence electrons. The summed E-state index contributed by atoms with van der Waals surface area (Å²) < 4.78 is 14.0. The van der Waals surface area contributed by atoms with Crippen molar-refractivity contribution >= 4 is 11.5 Å². The largest absolute Gasteiger partial charge is 0.351 e. The zero-order valence-corrected chi connectivity index (χ0v) is 11.3. The van der Waals surface area contributed by atoms with Crippen molar-refractivity contribution < 1.29 is 9.31 Å². The van der Waals surface area contributed by atoms with Gasteiger partial charge in [-0.1, -0.05) is 18.2 Å². The molecule has 2 heterocycles. The number of pyridine rings is 1. The molecule has 0 amide bonds. The van der Waals surface area contributed by atoms with Gasteiger partial charge in [-0.3, -0.25) is 10.1 Å². The maximum absolute atomic E-state index is 14.0. The Labute approximate surface area is 121 Å². The molecule has 0 unspecified atom stereocenters. The number of anilines is 1. The first-order chi connectivity index (χ1) is 10.2. The molecule has 1 aromatic carbocycles. The molecule has 0 bridgehead atoms. The van der Waals surface area contributed by atoms with Gasteiger partial charge in [0.25, 0.3) is 0 Å². The summed E-state index contributed by atoms with van der Waals surface area (Å²) in [6.07, 6.45) is 3.48. The first kappa shape index (κ1) is 13.5. The topological polar surface area (TPSA) is 59.3 Å². The minimum Gasteiger partial charge on any atom is -0.351 e. The summed E-state index contributed by atoms with van der Waals surface area (Å²) in [6, 6.07) is 7.57. The molecule has 1 fully saturated rings. The van der Waals surface area contributed by atoms with Crippen molar-refractivity contribution in [3.05, 3.63) is 52.5 Å². The summed E-state index contributed by atoms with van der Waals surface area (Å²) in [7, 11) is 0. The highest BCUT2D eigenvalue weighted by atomic mass is 19.1. The Balaban J connectivity index is 2.19. The van der Waals surface area contributed by atoms with Gasteiger partial charge in [0.05, 0.1) is 10.5 Å². The molecule has 2 aromatic rings. The number of nitrogens with zero attached hydrogens (tertiary/aromatic N) is 3. The van der Waals surface area contributed by atoms with E-state index >= 15 is 0 Å². The molecular formula is C15H14FN3O2. The molecule has 0 atom stereocenters. The van der Waals surface area contributed by atoms with Gasteiger partial charge in [0.15, 0.2) is 0 Å². The standard InChI is InChI=1S/C15H14FN3O2/c16-13-6-2-1-5-11(13)12-7-8-17-15(14(12)19(20)21)18-9-3-4-10-18/h1-2,5-8H,3-4,9-10H2. The lowest BCUT2D eigenvalue weighted by atomic mass is 10.0. The third kappa shape index (κ3) is 2.44. The van der Waals surface area contributed by atoms with Gasteiger partial charge in [-0.2, -0.15) is 0 Å². The van der Waals surface area contributed by atoms with Gasteiger partial charge >= 0.3 is 5.69 Å². The van der Waals surface area contributed by atoms with E-state index in [0.29, 0.717) is 5.82 Å². The third-order valence-corrected chi connectivity index (χ3v) is 3.66. The van der Waals surface area contributed by atoms with Crippen molar-refractivity contribution in [1.82, 2.24) is 4.98 Å². The predicted octanol–water partition coefficient (Wildman–Crippen LogP) is 3.40. The second-order valence-corrected chi connectivity index (χ2v) is 4.96. The van der Waals surface area contributed by atoms with E-state index in [-0.39, 0.29) is 16.8 Å². The summed E-state index contributed by atoms with van der Waals surface area (Å²) in [5.74, 6) is -0.141. The van der Waals surface area contributed by atoms with Crippen LogP contribution in [-0.2, 0) is 0 Å². The number of rotatable bonds is 3. The Kier molecular flexibility index (Phi) is 3.51. The van der Waals surface area contributed by atoms with Gasteiger partial charge in [-0.05, 0) is 25.0 Å². The van der Waals surface area contributed by atoms with Crippen LogP contribution in [0.15, 0.2) is 36.5 Å². The van der Waals surface area contributed by atoms with Crippen LogP contribution in [0.25, 0.3) is 11.1 Å². The molecule has 1 aliphatic heterocycles. The fraction of sp³-hybridized carbons (Fsp3) is 0.267. The van der Waals surface area contributed by atoms with E-state index in [2.05, 4.69) is 4.98 Å². The quantitative estimate of drug-likeness (QED) is 0.641. The van der Waals surface area contributed by atoms with E-state index in [0.717, 1.165) is 25.9 Å². The second kappa shape index (κ2) is 5.47. The monoisotopic (exact) mass is 287 g/mol. The highest BCUT2D eigenvalue weighted by molar-refractivity contribution is 5.80. The first-order valence-electron chi connectivity index (χ1n) is 6.81. The summed E-state index contributed by atoms with van der Waals surface area (Å²) in [5, 5.41) is 11.5. The number of halogens is 1. The van der Waals surface area contributed by atoms with Crippen molar-refractivity contribution in [2.75, 3.05) is 18.0 Å². The predicted molar refractivity (Wildman–Crippen MR) is 77.7 cm³/mol. The van der Waals surface area contributed by atoms with Crippen molar-refractivity contribution in [1.29, 1.82) is 0 Å². The molecule has 0 N–H and O–H groups in total. The van der Waals surface area contributed by atoms with E-state index in [4.69, 9.17) is 0 Å². The first-order valence-corrected chi connectivity index (χ1v) is 6.81. The van der Waals surface area contributed by atoms with E-state index < -0.39 is 10.7 Å². The molecule has 1 aliphatic rings. The lowest BCUT2D eigenvalue weighted by molar-refractivity contribution is -0.383. The maximum Gasteiger partial charge on any atom is 0.319 e. The average molecular weight is 287 g/mol. The molecule has 0 spiro atoms. The Bertz CT molecular complexity index is 684. The molecule has 1 saturated heterocycles. The Hall–Kier alpha value is -2.50. The molecule has 1 aromatic heterocycles. The number of hydrogen-bond acceptors (Lipinski definition) is 4. The molecule has 3 rings (SSSR count). The molecule has 21 heavy (non-hydrogen) atoms. The average Bonchev–Trinajstić information content (AvgIpc) is 3.01. The van der Waals surface area contributed by atoms with E-state index in [1.165, 1.54) is 18.3 Å². The lowest BCUT2D eigenvalue weighted by Crippen LogP contribution is -2.20. The lowest BCUT2D eigenvalue weighted by Gasteiger charge is -2.17. The van der Waals surface area contributed by atoms with Crippen LogP contribution in [-0.4, -0.2) is 23.0 Å². The fourth-order valence-electron chi connectivity index (χ4n) is 2.68. The maximum atomic E-state index is 14.0.